The summed E-state index contributed by atoms with van der Waals surface area (Å²) in [4.78, 5) is 0. The van der Waals surface area contributed by atoms with Gasteiger partial charge >= 0.3 is 0 Å². The van der Waals surface area contributed by atoms with Crippen molar-refractivity contribution in [2.24, 2.45) is 11.7 Å². The number of nitrogens with two attached hydrogens (primary N) is 1. The van der Waals surface area contributed by atoms with E-state index < -0.39 is 5.54 Å². The lowest BCUT2D eigenvalue weighted by Crippen LogP contribution is -2.44. The van der Waals surface area contributed by atoms with E-state index in [-0.39, 0.29) is 11.7 Å². The van der Waals surface area contributed by atoms with E-state index in [1.54, 1.807) is 12.1 Å². The second-order valence-corrected chi connectivity index (χ2v) is 4.65. The summed E-state index contributed by atoms with van der Waals surface area (Å²) in [7, 11) is 0. The molecule has 0 bridgehead atoms. The molecule has 3 heteroatoms. The highest BCUT2D eigenvalue weighted by Gasteiger charge is 2.34. The van der Waals surface area contributed by atoms with Gasteiger partial charge in [0.15, 0.2) is 0 Å². The minimum Gasteiger partial charge on any atom is -0.381 e. The Morgan fingerprint density at radius 2 is 1.94 bits per heavy atom. The maximum Gasteiger partial charge on any atom is 0.128 e. The number of halogens is 1. The molecule has 0 aliphatic carbocycles. The molecule has 2 N–H and O–H groups in total. The molecule has 0 saturated carbocycles. The summed E-state index contributed by atoms with van der Waals surface area (Å²) in [5.74, 6) is 0.0807. The van der Waals surface area contributed by atoms with Crippen LogP contribution in [0.4, 0.5) is 4.39 Å². The molecular formula is C13H18FNO. The van der Waals surface area contributed by atoms with Crippen molar-refractivity contribution >= 4 is 0 Å². The van der Waals surface area contributed by atoms with Crippen LogP contribution in [0.2, 0.25) is 0 Å². The first-order chi connectivity index (χ1) is 7.62. The van der Waals surface area contributed by atoms with E-state index in [1.807, 2.05) is 13.0 Å². The van der Waals surface area contributed by atoms with Crippen LogP contribution in [0, 0.1) is 11.7 Å². The fourth-order valence-corrected chi connectivity index (χ4v) is 2.42. The number of benzene rings is 1. The Labute approximate surface area is 95.6 Å². The van der Waals surface area contributed by atoms with Crippen LogP contribution in [0.3, 0.4) is 0 Å². The van der Waals surface area contributed by atoms with Gasteiger partial charge in [0.2, 0.25) is 0 Å². The molecule has 2 nitrogen and oxygen atoms in total. The van der Waals surface area contributed by atoms with Crippen LogP contribution < -0.4 is 5.73 Å². The Kier molecular flexibility index (Phi) is 3.26. The van der Waals surface area contributed by atoms with Crippen LogP contribution in [0.25, 0.3) is 0 Å². The van der Waals surface area contributed by atoms with E-state index in [4.69, 9.17) is 10.5 Å². The van der Waals surface area contributed by atoms with Crippen molar-refractivity contribution in [1.29, 1.82) is 0 Å². The lowest BCUT2D eigenvalue weighted by atomic mass is 9.76. The minimum absolute atomic E-state index is 0.209. The predicted molar refractivity (Wildman–Crippen MR) is 61.5 cm³/mol. The van der Waals surface area contributed by atoms with Crippen molar-refractivity contribution in [2.45, 2.75) is 25.3 Å². The molecule has 1 unspecified atom stereocenters. The summed E-state index contributed by atoms with van der Waals surface area (Å²) in [5.41, 5.74) is 6.33. The van der Waals surface area contributed by atoms with Crippen LogP contribution in [0.15, 0.2) is 24.3 Å². The molecule has 1 aliphatic rings. The van der Waals surface area contributed by atoms with Crippen molar-refractivity contribution < 1.29 is 9.13 Å². The number of ether oxygens (including phenoxy) is 1. The molecule has 1 saturated heterocycles. The molecule has 0 aromatic heterocycles. The highest BCUT2D eigenvalue weighted by Crippen LogP contribution is 2.34. The molecule has 2 rings (SSSR count). The third-order valence-electron chi connectivity index (χ3n) is 3.52. The van der Waals surface area contributed by atoms with Crippen LogP contribution in [0.1, 0.15) is 25.3 Å². The first kappa shape index (κ1) is 11.6. The van der Waals surface area contributed by atoms with Gasteiger partial charge in [0, 0.05) is 24.3 Å². The van der Waals surface area contributed by atoms with E-state index in [0.29, 0.717) is 5.56 Å². The van der Waals surface area contributed by atoms with Gasteiger partial charge in [0.05, 0.1) is 0 Å². The van der Waals surface area contributed by atoms with Gasteiger partial charge in [-0.25, -0.2) is 4.39 Å². The molecule has 1 aliphatic heterocycles. The van der Waals surface area contributed by atoms with Gasteiger partial charge in [-0.3, -0.25) is 0 Å². The zero-order chi connectivity index (χ0) is 11.6. The Bertz CT molecular complexity index is 359. The average molecular weight is 223 g/mol. The normalized spacial score (nSPS) is 21.7. The molecule has 1 fully saturated rings. The first-order valence-electron chi connectivity index (χ1n) is 5.74. The summed E-state index contributed by atoms with van der Waals surface area (Å²) in [6.07, 6.45) is 1.81. The Balaban J connectivity index is 2.26. The smallest absolute Gasteiger partial charge is 0.128 e. The van der Waals surface area contributed by atoms with Crippen LogP contribution in [0.5, 0.6) is 0 Å². The lowest BCUT2D eigenvalue weighted by molar-refractivity contribution is 0.0404. The molecular weight excluding hydrogens is 205 g/mol. The molecule has 16 heavy (non-hydrogen) atoms. The van der Waals surface area contributed by atoms with Gasteiger partial charge in [-0.2, -0.15) is 0 Å². The maximum atomic E-state index is 13.7. The third-order valence-corrected chi connectivity index (χ3v) is 3.52. The topological polar surface area (TPSA) is 35.2 Å². The molecule has 1 aromatic rings. The van der Waals surface area contributed by atoms with Gasteiger partial charge in [0.1, 0.15) is 5.82 Å². The van der Waals surface area contributed by atoms with Gasteiger partial charge in [-0.15, -0.1) is 0 Å². The van der Waals surface area contributed by atoms with E-state index in [2.05, 4.69) is 0 Å². The Hall–Kier alpha value is -0.930. The highest BCUT2D eigenvalue weighted by molar-refractivity contribution is 5.26. The zero-order valence-corrected chi connectivity index (χ0v) is 9.58. The molecule has 1 heterocycles. The summed E-state index contributed by atoms with van der Waals surface area (Å²) in [6, 6.07) is 6.78. The average Bonchev–Trinajstić information content (AvgIpc) is 2.30. The van der Waals surface area contributed by atoms with Crippen molar-refractivity contribution in [3.8, 4) is 0 Å². The van der Waals surface area contributed by atoms with Crippen LogP contribution >= 0.6 is 0 Å². The zero-order valence-electron chi connectivity index (χ0n) is 9.58. The molecule has 0 amide bonds. The maximum absolute atomic E-state index is 13.7. The Morgan fingerprint density at radius 3 is 2.56 bits per heavy atom. The fraction of sp³-hybridized carbons (Fsp3) is 0.538. The summed E-state index contributed by atoms with van der Waals surface area (Å²) >= 11 is 0. The number of hydrogen-bond acceptors (Lipinski definition) is 2. The SMILES string of the molecule is CC(N)(c1ccccc1F)C1CCOCC1. The van der Waals surface area contributed by atoms with Crippen LogP contribution in [-0.4, -0.2) is 13.2 Å². The second-order valence-electron chi connectivity index (χ2n) is 4.65. The predicted octanol–water partition coefficient (Wildman–Crippen LogP) is 2.43. The largest absolute Gasteiger partial charge is 0.381 e. The molecule has 0 spiro atoms. The summed E-state index contributed by atoms with van der Waals surface area (Å²) in [5, 5.41) is 0. The van der Waals surface area contributed by atoms with E-state index >= 15 is 0 Å². The number of rotatable bonds is 2. The van der Waals surface area contributed by atoms with Gasteiger partial charge in [0.25, 0.3) is 0 Å². The summed E-state index contributed by atoms with van der Waals surface area (Å²) in [6.45, 7) is 3.37. The Morgan fingerprint density at radius 1 is 1.31 bits per heavy atom. The highest BCUT2D eigenvalue weighted by atomic mass is 19.1. The van der Waals surface area contributed by atoms with Crippen molar-refractivity contribution in [3.05, 3.63) is 35.6 Å². The second kappa shape index (κ2) is 4.52. The van der Waals surface area contributed by atoms with Crippen molar-refractivity contribution in [1.82, 2.24) is 0 Å². The number of hydrogen-bond donors (Lipinski definition) is 1. The van der Waals surface area contributed by atoms with E-state index in [0.717, 1.165) is 26.1 Å². The van der Waals surface area contributed by atoms with Gasteiger partial charge in [-0.1, -0.05) is 18.2 Å². The molecule has 0 radical (unpaired) electrons. The quantitative estimate of drug-likeness (QED) is 0.835. The summed E-state index contributed by atoms with van der Waals surface area (Å²) < 4.78 is 19.0. The molecule has 1 aromatic carbocycles. The van der Waals surface area contributed by atoms with E-state index in [9.17, 15) is 4.39 Å². The van der Waals surface area contributed by atoms with Crippen molar-refractivity contribution in [3.63, 3.8) is 0 Å². The lowest BCUT2D eigenvalue weighted by Gasteiger charge is -2.37. The monoisotopic (exact) mass is 223 g/mol. The third kappa shape index (κ3) is 2.11. The molecule has 88 valence electrons. The minimum atomic E-state index is -0.602. The van der Waals surface area contributed by atoms with Crippen LogP contribution in [-0.2, 0) is 10.3 Å². The van der Waals surface area contributed by atoms with Crippen molar-refractivity contribution in [2.75, 3.05) is 13.2 Å². The fourth-order valence-electron chi connectivity index (χ4n) is 2.42. The molecule has 1 atom stereocenters. The van der Waals surface area contributed by atoms with Gasteiger partial charge < -0.3 is 10.5 Å². The standard InChI is InChI=1S/C13H18FNO/c1-13(15,10-6-8-16-9-7-10)11-4-2-3-5-12(11)14/h2-5,10H,6-9,15H2,1H3. The van der Waals surface area contributed by atoms with E-state index in [1.165, 1.54) is 6.07 Å². The van der Waals surface area contributed by atoms with Gasteiger partial charge in [-0.05, 0) is 31.7 Å². The first-order valence-corrected chi connectivity index (χ1v) is 5.74.